The zero-order valence-electron chi connectivity index (χ0n) is 9.84. The Morgan fingerprint density at radius 2 is 1.90 bits per heavy atom. The van der Waals surface area contributed by atoms with Gasteiger partial charge in [-0.2, -0.15) is 0 Å². The molecule has 10 heteroatoms. The van der Waals surface area contributed by atoms with E-state index in [4.69, 9.17) is 5.84 Å². The summed E-state index contributed by atoms with van der Waals surface area (Å²) in [5.74, 6) is 4.44. The van der Waals surface area contributed by atoms with Gasteiger partial charge < -0.3 is 0 Å². The van der Waals surface area contributed by atoms with Crippen LogP contribution in [0.4, 0.5) is 16.0 Å². The van der Waals surface area contributed by atoms with Gasteiger partial charge in [0.25, 0.3) is 10.0 Å². The molecule has 0 spiro atoms. The third-order valence-electron chi connectivity index (χ3n) is 2.24. The van der Waals surface area contributed by atoms with Gasteiger partial charge in [0, 0.05) is 4.47 Å². The second-order valence-corrected chi connectivity index (χ2v) is 6.21. The minimum absolute atomic E-state index is 0.0683. The lowest BCUT2D eigenvalue weighted by Gasteiger charge is -2.09. The highest BCUT2D eigenvalue weighted by Gasteiger charge is 2.17. The number of sulfonamides is 1. The molecule has 0 unspecified atom stereocenters. The van der Waals surface area contributed by atoms with Gasteiger partial charge in [-0.25, -0.2) is 28.6 Å². The van der Waals surface area contributed by atoms with Gasteiger partial charge in [-0.05, 0) is 18.2 Å². The normalized spacial score (nSPS) is 11.2. The van der Waals surface area contributed by atoms with Crippen molar-refractivity contribution in [3.8, 4) is 0 Å². The van der Waals surface area contributed by atoms with Crippen molar-refractivity contribution >= 4 is 37.6 Å². The highest BCUT2D eigenvalue weighted by molar-refractivity contribution is 9.10. The van der Waals surface area contributed by atoms with Crippen molar-refractivity contribution in [2.45, 2.75) is 4.90 Å². The Morgan fingerprint density at radius 1 is 1.25 bits per heavy atom. The molecule has 4 N–H and O–H groups in total. The van der Waals surface area contributed by atoms with Crippen LogP contribution in [0.3, 0.4) is 0 Å². The number of hydrogen-bond acceptors (Lipinski definition) is 6. The first-order valence-corrected chi connectivity index (χ1v) is 7.46. The average Bonchev–Trinajstić information content (AvgIpc) is 2.42. The highest BCUT2D eigenvalue weighted by atomic mass is 79.9. The monoisotopic (exact) mass is 361 g/mol. The van der Waals surface area contributed by atoms with Gasteiger partial charge in [0.05, 0.1) is 18.1 Å². The van der Waals surface area contributed by atoms with Crippen LogP contribution in [-0.4, -0.2) is 18.4 Å². The van der Waals surface area contributed by atoms with Crippen LogP contribution < -0.4 is 16.0 Å². The summed E-state index contributed by atoms with van der Waals surface area (Å²) >= 11 is 3.08. The van der Waals surface area contributed by atoms with Crippen LogP contribution >= 0.6 is 15.9 Å². The van der Waals surface area contributed by atoms with Gasteiger partial charge in [0.1, 0.15) is 10.7 Å². The third kappa shape index (κ3) is 3.21. The zero-order chi connectivity index (χ0) is 14.8. The van der Waals surface area contributed by atoms with E-state index in [-0.39, 0.29) is 16.5 Å². The number of hydrogen-bond donors (Lipinski definition) is 3. The first-order chi connectivity index (χ1) is 9.42. The van der Waals surface area contributed by atoms with E-state index >= 15 is 0 Å². The topological polar surface area (TPSA) is 110 Å². The standard InChI is InChI=1S/C10H9BrFN5O2S/c11-6-1-2-9(8(12)3-6)17-20(18,19)7-4-14-10(16-13)15-5-7/h1-5,17H,13H2,(H,14,15,16). The molecule has 0 bridgehead atoms. The molecule has 0 aliphatic rings. The predicted molar refractivity (Wildman–Crippen MR) is 74.8 cm³/mol. The van der Waals surface area contributed by atoms with Gasteiger partial charge in [-0.1, -0.05) is 15.9 Å². The Labute approximate surface area is 122 Å². The first-order valence-electron chi connectivity index (χ1n) is 5.19. The molecule has 1 aromatic carbocycles. The Morgan fingerprint density at radius 3 is 2.45 bits per heavy atom. The summed E-state index contributed by atoms with van der Waals surface area (Å²) in [4.78, 5) is 7.14. The molecule has 0 aliphatic heterocycles. The summed E-state index contributed by atoms with van der Waals surface area (Å²) in [6.07, 6.45) is 2.11. The molecule has 0 fully saturated rings. The lowest BCUT2D eigenvalue weighted by Crippen LogP contribution is -2.16. The van der Waals surface area contributed by atoms with E-state index in [9.17, 15) is 12.8 Å². The maximum atomic E-state index is 13.6. The van der Waals surface area contributed by atoms with Crippen molar-refractivity contribution < 1.29 is 12.8 Å². The Hall–Kier alpha value is -1.78. The van der Waals surface area contributed by atoms with Crippen molar-refractivity contribution in [1.29, 1.82) is 0 Å². The number of rotatable bonds is 4. The molecule has 0 saturated carbocycles. The molecule has 0 amide bonds. The van der Waals surface area contributed by atoms with Crippen LogP contribution in [0.1, 0.15) is 0 Å². The molecule has 7 nitrogen and oxygen atoms in total. The SMILES string of the molecule is NNc1ncc(S(=O)(=O)Nc2ccc(Br)cc2F)cn1. The van der Waals surface area contributed by atoms with Crippen LogP contribution in [0, 0.1) is 5.82 Å². The van der Waals surface area contributed by atoms with Crippen LogP contribution in [0.2, 0.25) is 0 Å². The van der Waals surface area contributed by atoms with Crippen molar-refractivity contribution in [3.63, 3.8) is 0 Å². The van der Waals surface area contributed by atoms with Crippen molar-refractivity contribution in [3.05, 3.63) is 40.9 Å². The van der Waals surface area contributed by atoms with E-state index in [1.807, 2.05) is 0 Å². The number of nitrogens with zero attached hydrogens (tertiary/aromatic N) is 2. The molecule has 1 aromatic heterocycles. The third-order valence-corrected chi connectivity index (χ3v) is 4.06. The molecular formula is C10H9BrFN5O2S. The zero-order valence-corrected chi connectivity index (χ0v) is 12.2. The smallest absolute Gasteiger partial charge is 0.265 e. The van der Waals surface area contributed by atoms with Gasteiger partial charge in [-0.15, -0.1) is 0 Å². The largest absolute Gasteiger partial charge is 0.292 e. The molecule has 0 radical (unpaired) electrons. The van der Waals surface area contributed by atoms with Crippen LogP contribution in [-0.2, 0) is 10.0 Å². The maximum Gasteiger partial charge on any atom is 0.265 e. The van der Waals surface area contributed by atoms with Crippen molar-refractivity contribution in [1.82, 2.24) is 9.97 Å². The quantitative estimate of drug-likeness (QED) is 0.561. The molecule has 20 heavy (non-hydrogen) atoms. The van der Waals surface area contributed by atoms with E-state index in [1.54, 1.807) is 0 Å². The van der Waals surface area contributed by atoms with E-state index in [1.165, 1.54) is 12.1 Å². The summed E-state index contributed by atoms with van der Waals surface area (Å²) in [7, 11) is -3.97. The molecule has 0 aliphatic carbocycles. The Balaban J connectivity index is 2.30. The van der Waals surface area contributed by atoms with Crippen LogP contribution in [0.15, 0.2) is 40.0 Å². The summed E-state index contributed by atoms with van der Waals surface area (Å²) in [6.45, 7) is 0. The molecule has 0 saturated heterocycles. The summed E-state index contributed by atoms with van der Waals surface area (Å²) in [5, 5.41) is 0. The lowest BCUT2D eigenvalue weighted by molar-refractivity contribution is 0.597. The average molecular weight is 362 g/mol. The minimum atomic E-state index is -3.97. The summed E-state index contributed by atoms with van der Waals surface area (Å²) in [6, 6.07) is 3.96. The van der Waals surface area contributed by atoms with Crippen LogP contribution in [0.5, 0.6) is 0 Å². The second-order valence-electron chi connectivity index (χ2n) is 3.62. The molecule has 2 rings (SSSR count). The number of halogens is 2. The van der Waals surface area contributed by atoms with Gasteiger partial charge >= 0.3 is 0 Å². The molecule has 1 heterocycles. The van der Waals surface area contributed by atoms with Crippen molar-refractivity contribution in [2.75, 3.05) is 10.1 Å². The van der Waals surface area contributed by atoms with E-state index in [0.29, 0.717) is 4.47 Å². The number of nitrogens with one attached hydrogen (secondary N) is 2. The number of hydrazine groups is 1. The van der Waals surface area contributed by atoms with Crippen LogP contribution in [0.25, 0.3) is 0 Å². The number of aromatic nitrogens is 2. The maximum absolute atomic E-state index is 13.6. The van der Waals surface area contributed by atoms with E-state index in [2.05, 4.69) is 36.0 Å². The Kier molecular flexibility index (Phi) is 4.16. The van der Waals surface area contributed by atoms with Gasteiger partial charge in [0.2, 0.25) is 5.95 Å². The summed E-state index contributed by atoms with van der Waals surface area (Å²) in [5.41, 5.74) is 2.00. The number of benzene rings is 1. The second kappa shape index (κ2) is 5.69. The van der Waals surface area contributed by atoms with Gasteiger partial charge in [0.15, 0.2) is 0 Å². The molecule has 0 atom stereocenters. The van der Waals surface area contributed by atoms with E-state index < -0.39 is 15.8 Å². The number of nitrogen functional groups attached to an aromatic ring is 1. The fraction of sp³-hybridized carbons (Fsp3) is 0. The van der Waals surface area contributed by atoms with Gasteiger partial charge in [-0.3, -0.25) is 10.1 Å². The van der Waals surface area contributed by atoms with Crippen molar-refractivity contribution in [2.24, 2.45) is 5.84 Å². The van der Waals surface area contributed by atoms with E-state index in [0.717, 1.165) is 18.5 Å². The molecular weight excluding hydrogens is 353 g/mol. The predicted octanol–water partition coefficient (Wildman–Crippen LogP) is 1.46. The molecule has 106 valence electrons. The number of nitrogens with two attached hydrogens (primary N) is 1. The first kappa shape index (κ1) is 14.6. The highest BCUT2D eigenvalue weighted by Crippen LogP contribution is 2.22. The Bertz CT molecular complexity index is 723. The summed E-state index contributed by atoms with van der Waals surface area (Å²) < 4.78 is 40.2. The number of anilines is 2. The fourth-order valence-corrected chi connectivity index (χ4v) is 2.59. The fourth-order valence-electron chi connectivity index (χ4n) is 1.31. The lowest BCUT2D eigenvalue weighted by atomic mass is 10.3. The molecule has 2 aromatic rings. The minimum Gasteiger partial charge on any atom is -0.292 e.